The number of aliphatic carboxylic acids is 1. The van der Waals surface area contributed by atoms with E-state index in [4.69, 9.17) is 5.11 Å². The molecule has 6 nitrogen and oxygen atoms in total. The Kier molecular flexibility index (Phi) is 3.46. The SMILES string of the molecule is CN(CCC(=O)O)C(=O)c1cn2cc(F)ccc2n1. The molecule has 100 valence electrons. The second-order valence-electron chi connectivity index (χ2n) is 4.11. The molecule has 1 amide bonds. The van der Waals surface area contributed by atoms with Crippen LogP contribution < -0.4 is 0 Å². The number of carbonyl (C=O) groups excluding carboxylic acids is 1. The average Bonchev–Trinajstić information content (AvgIpc) is 2.77. The molecule has 0 atom stereocenters. The van der Waals surface area contributed by atoms with Gasteiger partial charge in [0.1, 0.15) is 17.2 Å². The Morgan fingerprint density at radius 3 is 2.84 bits per heavy atom. The fourth-order valence-corrected chi connectivity index (χ4v) is 1.63. The Morgan fingerprint density at radius 2 is 2.16 bits per heavy atom. The van der Waals surface area contributed by atoms with Crippen molar-refractivity contribution in [2.45, 2.75) is 6.42 Å². The van der Waals surface area contributed by atoms with Gasteiger partial charge in [-0.15, -0.1) is 0 Å². The van der Waals surface area contributed by atoms with E-state index in [0.717, 1.165) is 0 Å². The number of aromatic nitrogens is 2. The van der Waals surface area contributed by atoms with Gasteiger partial charge < -0.3 is 14.4 Å². The van der Waals surface area contributed by atoms with Gasteiger partial charge in [-0.2, -0.15) is 0 Å². The van der Waals surface area contributed by atoms with Gasteiger partial charge >= 0.3 is 5.97 Å². The van der Waals surface area contributed by atoms with Crippen LogP contribution in [0.3, 0.4) is 0 Å². The maximum absolute atomic E-state index is 13.0. The van der Waals surface area contributed by atoms with E-state index in [2.05, 4.69) is 4.98 Å². The van der Waals surface area contributed by atoms with E-state index in [9.17, 15) is 14.0 Å². The number of hydrogen-bond donors (Lipinski definition) is 1. The highest BCUT2D eigenvalue weighted by Crippen LogP contribution is 2.09. The predicted octanol–water partition coefficient (Wildman–Crippen LogP) is 1.02. The van der Waals surface area contributed by atoms with Gasteiger partial charge in [-0.25, -0.2) is 9.37 Å². The van der Waals surface area contributed by atoms with Crippen molar-refractivity contribution in [1.82, 2.24) is 14.3 Å². The van der Waals surface area contributed by atoms with Crippen molar-refractivity contribution >= 4 is 17.5 Å². The predicted molar refractivity (Wildman–Crippen MR) is 64.4 cm³/mol. The first-order chi connectivity index (χ1) is 8.97. The highest BCUT2D eigenvalue weighted by molar-refractivity contribution is 5.92. The summed E-state index contributed by atoms with van der Waals surface area (Å²) in [5.74, 6) is -1.80. The molecule has 0 fully saturated rings. The van der Waals surface area contributed by atoms with E-state index < -0.39 is 17.7 Å². The number of nitrogens with zero attached hydrogens (tertiary/aromatic N) is 3. The average molecular weight is 265 g/mol. The van der Waals surface area contributed by atoms with Crippen molar-refractivity contribution in [3.05, 3.63) is 36.0 Å². The standard InChI is InChI=1S/C12H12FN3O3/c1-15(5-4-11(17)18)12(19)9-7-16-6-8(13)2-3-10(16)14-9/h2-3,6-7H,4-5H2,1H3,(H,17,18). The Morgan fingerprint density at radius 1 is 1.42 bits per heavy atom. The zero-order valence-electron chi connectivity index (χ0n) is 10.2. The van der Waals surface area contributed by atoms with Crippen LogP contribution in [0.1, 0.15) is 16.9 Å². The Labute approximate surface area is 108 Å². The summed E-state index contributed by atoms with van der Waals surface area (Å²) in [7, 11) is 1.50. The number of rotatable bonds is 4. The third-order valence-corrected chi connectivity index (χ3v) is 2.64. The fourth-order valence-electron chi connectivity index (χ4n) is 1.63. The molecule has 0 radical (unpaired) electrons. The molecule has 0 spiro atoms. The molecule has 0 saturated heterocycles. The molecule has 0 bridgehead atoms. The van der Waals surface area contributed by atoms with E-state index in [-0.39, 0.29) is 18.7 Å². The van der Waals surface area contributed by atoms with Crippen LogP contribution in [-0.4, -0.2) is 44.9 Å². The molecule has 0 aliphatic heterocycles. The number of imidazole rings is 1. The van der Waals surface area contributed by atoms with Gasteiger partial charge in [0.2, 0.25) is 0 Å². The zero-order chi connectivity index (χ0) is 14.0. The van der Waals surface area contributed by atoms with Gasteiger partial charge in [0.15, 0.2) is 0 Å². The van der Waals surface area contributed by atoms with Crippen molar-refractivity contribution in [2.75, 3.05) is 13.6 Å². The Hall–Kier alpha value is -2.44. The van der Waals surface area contributed by atoms with E-state index in [1.807, 2.05) is 0 Å². The number of halogens is 1. The van der Waals surface area contributed by atoms with Crippen molar-refractivity contribution < 1.29 is 19.1 Å². The topological polar surface area (TPSA) is 74.9 Å². The lowest BCUT2D eigenvalue weighted by Gasteiger charge is -2.13. The first-order valence-corrected chi connectivity index (χ1v) is 5.59. The summed E-state index contributed by atoms with van der Waals surface area (Å²) < 4.78 is 14.4. The molecule has 2 heterocycles. The number of carbonyl (C=O) groups is 2. The molecule has 19 heavy (non-hydrogen) atoms. The van der Waals surface area contributed by atoms with Crippen molar-refractivity contribution in [3.8, 4) is 0 Å². The summed E-state index contributed by atoms with van der Waals surface area (Å²) in [6, 6.07) is 2.72. The summed E-state index contributed by atoms with van der Waals surface area (Å²) in [4.78, 5) is 27.7. The molecule has 0 saturated carbocycles. The van der Waals surface area contributed by atoms with Gasteiger partial charge in [0, 0.05) is 26.0 Å². The monoisotopic (exact) mass is 265 g/mol. The lowest BCUT2D eigenvalue weighted by molar-refractivity contribution is -0.137. The summed E-state index contributed by atoms with van der Waals surface area (Å²) >= 11 is 0. The highest BCUT2D eigenvalue weighted by Gasteiger charge is 2.16. The quantitative estimate of drug-likeness (QED) is 0.895. The molecule has 7 heteroatoms. The van der Waals surface area contributed by atoms with E-state index in [0.29, 0.717) is 5.65 Å². The van der Waals surface area contributed by atoms with E-state index >= 15 is 0 Å². The lowest BCUT2D eigenvalue weighted by atomic mass is 10.3. The third kappa shape index (κ3) is 2.87. The first-order valence-electron chi connectivity index (χ1n) is 5.59. The normalized spacial score (nSPS) is 10.6. The van der Waals surface area contributed by atoms with Gasteiger partial charge in [-0.3, -0.25) is 9.59 Å². The first kappa shape index (κ1) is 13.0. The van der Waals surface area contributed by atoms with Crippen LogP contribution in [0.4, 0.5) is 4.39 Å². The minimum Gasteiger partial charge on any atom is -0.481 e. The lowest BCUT2D eigenvalue weighted by Crippen LogP contribution is -2.29. The van der Waals surface area contributed by atoms with Crippen molar-refractivity contribution in [3.63, 3.8) is 0 Å². The minimum absolute atomic E-state index is 0.0937. The number of carboxylic acid groups (broad SMARTS) is 1. The molecule has 1 N–H and O–H groups in total. The van der Waals surface area contributed by atoms with Gasteiger partial charge in [-0.05, 0) is 12.1 Å². The molecule has 0 aliphatic rings. The summed E-state index contributed by atoms with van der Waals surface area (Å²) in [6.45, 7) is 0.0937. The fraction of sp³-hybridized carbons (Fsp3) is 0.250. The van der Waals surface area contributed by atoms with Crippen LogP contribution in [0, 0.1) is 5.82 Å². The molecule has 0 aliphatic carbocycles. The number of pyridine rings is 1. The van der Waals surface area contributed by atoms with Crippen LogP contribution in [0.2, 0.25) is 0 Å². The largest absolute Gasteiger partial charge is 0.481 e. The van der Waals surface area contributed by atoms with Crippen LogP contribution in [-0.2, 0) is 4.79 Å². The molecule has 0 unspecified atom stereocenters. The third-order valence-electron chi connectivity index (χ3n) is 2.64. The van der Waals surface area contributed by atoms with E-state index in [1.165, 1.54) is 40.9 Å². The molecule has 2 aromatic heterocycles. The smallest absolute Gasteiger partial charge is 0.305 e. The molecular formula is C12H12FN3O3. The highest BCUT2D eigenvalue weighted by atomic mass is 19.1. The molecule has 0 aromatic carbocycles. The summed E-state index contributed by atoms with van der Waals surface area (Å²) in [5.41, 5.74) is 0.606. The number of amides is 1. The summed E-state index contributed by atoms with van der Waals surface area (Å²) in [6.07, 6.45) is 2.50. The van der Waals surface area contributed by atoms with E-state index in [1.54, 1.807) is 0 Å². The van der Waals surface area contributed by atoms with Crippen molar-refractivity contribution in [1.29, 1.82) is 0 Å². The molecule has 2 rings (SSSR count). The Bertz CT molecular complexity index is 638. The Balaban J connectivity index is 2.19. The second kappa shape index (κ2) is 5.05. The second-order valence-corrected chi connectivity index (χ2v) is 4.11. The molecular weight excluding hydrogens is 253 g/mol. The maximum Gasteiger partial charge on any atom is 0.305 e. The number of fused-ring (bicyclic) bond motifs is 1. The van der Waals surface area contributed by atoms with Gasteiger partial charge in [0.25, 0.3) is 5.91 Å². The number of carboxylic acids is 1. The van der Waals surface area contributed by atoms with Crippen molar-refractivity contribution in [2.24, 2.45) is 0 Å². The van der Waals surface area contributed by atoms with Crippen LogP contribution >= 0.6 is 0 Å². The maximum atomic E-state index is 13.0. The van der Waals surface area contributed by atoms with Gasteiger partial charge in [0.05, 0.1) is 6.42 Å². The van der Waals surface area contributed by atoms with Crippen LogP contribution in [0.5, 0.6) is 0 Å². The molecule has 2 aromatic rings. The zero-order valence-corrected chi connectivity index (χ0v) is 10.2. The summed E-state index contributed by atoms with van der Waals surface area (Å²) in [5, 5.41) is 8.56. The van der Waals surface area contributed by atoms with Gasteiger partial charge in [-0.1, -0.05) is 0 Å². The van der Waals surface area contributed by atoms with Crippen LogP contribution in [0.15, 0.2) is 24.5 Å². The minimum atomic E-state index is -0.975. The van der Waals surface area contributed by atoms with Crippen LogP contribution in [0.25, 0.3) is 5.65 Å². The number of hydrogen-bond acceptors (Lipinski definition) is 3.